The maximum Gasteiger partial charge on any atom is 0.573 e. The molecule has 0 spiro atoms. The molecule has 0 aliphatic heterocycles. The largest absolute Gasteiger partial charge is 0.573 e. The van der Waals surface area contributed by atoms with Crippen molar-refractivity contribution in [2.24, 2.45) is 0 Å². The van der Waals surface area contributed by atoms with Crippen LogP contribution >= 0.6 is 0 Å². The van der Waals surface area contributed by atoms with Crippen molar-refractivity contribution < 1.29 is 32.5 Å². The molecule has 23 heavy (non-hydrogen) atoms. The van der Waals surface area contributed by atoms with E-state index in [1.165, 1.54) is 0 Å². The Morgan fingerprint density at radius 3 is 2.43 bits per heavy atom. The van der Waals surface area contributed by atoms with E-state index < -0.39 is 24.0 Å². The second-order valence-corrected chi connectivity index (χ2v) is 4.41. The Morgan fingerprint density at radius 1 is 1.13 bits per heavy atom. The van der Waals surface area contributed by atoms with Crippen molar-refractivity contribution in [3.05, 3.63) is 54.1 Å². The van der Waals surface area contributed by atoms with E-state index in [2.05, 4.69) is 10.1 Å². The van der Waals surface area contributed by atoms with Gasteiger partial charge in [-0.15, -0.1) is 13.2 Å². The van der Waals surface area contributed by atoms with Crippen molar-refractivity contribution in [3.63, 3.8) is 0 Å². The second kappa shape index (κ2) is 6.91. The smallest absolute Gasteiger partial charge is 0.506 e. The summed E-state index contributed by atoms with van der Waals surface area (Å²) in [6, 6.07) is 11.7. The van der Waals surface area contributed by atoms with Gasteiger partial charge in [-0.3, -0.25) is 5.32 Å². The van der Waals surface area contributed by atoms with Crippen LogP contribution in [0.4, 0.5) is 23.7 Å². The van der Waals surface area contributed by atoms with E-state index in [4.69, 9.17) is 4.74 Å². The first-order valence-electron chi connectivity index (χ1n) is 6.40. The van der Waals surface area contributed by atoms with Crippen molar-refractivity contribution in [1.82, 2.24) is 0 Å². The third-order valence-electron chi connectivity index (χ3n) is 2.65. The molecule has 2 N–H and O–H groups in total. The highest BCUT2D eigenvalue weighted by Crippen LogP contribution is 2.31. The molecular weight excluding hydrogens is 315 g/mol. The molecule has 5 nitrogen and oxygen atoms in total. The molecule has 122 valence electrons. The summed E-state index contributed by atoms with van der Waals surface area (Å²) in [4.78, 5) is 11.6. The van der Waals surface area contributed by atoms with Gasteiger partial charge in [0.15, 0.2) is 0 Å². The average molecular weight is 327 g/mol. The number of carbonyl (C=O) groups is 1. The summed E-state index contributed by atoms with van der Waals surface area (Å²) in [6.45, 7) is 0.0166. The number of benzene rings is 2. The highest BCUT2D eigenvalue weighted by Gasteiger charge is 2.31. The third-order valence-corrected chi connectivity index (χ3v) is 2.65. The molecule has 2 aromatic carbocycles. The number of carbonyl (C=O) groups excluding carboxylic acids is 1. The summed E-state index contributed by atoms with van der Waals surface area (Å²) < 4.78 is 44.7. The average Bonchev–Trinajstić information content (AvgIpc) is 2.47. The molecule has 0 atom stereocenters. The number of hydrogen-bond donors (Lipinski definition) is 2. The molecular formula is C15H12F3NO4. The van der Waals surface area contributed by atoms with Gasteiger partial charge in [-0.25, -0.2) is 4.79 Å². The lowest BCUT2D eigenvalue weighted by molar-refractivity contribution is -0.274. The van der Waals surface area contributed by atoms with Crippen molar-refractivity contribution >= 4 is 11.8 Å². The van der Waals surface area contributed by atoms with E-state index in [1.807, 2.05) is 6.07 Å². The molecule has 0 saturated heterocycles. The van der Waals surface area contributed by atoms with Gasteiger partial charge in [0.05, 0.1) is 5.69 Å². The van der Waals surface area contributed by atoms with Crippen LogP contribution in [0.5, 0.6) is 11.5 Å². The molecule has 0 aromatic heterocycles. The van der Waals surface area contributed by atoms with E-state index in [0.29, 0.717) is 0 Å². The van der Waals surface area contributed by atoms with Gasteiger partial charge in [-0.05, 0) is 17.7 Å². The lowest BCUT2D eigenvalue weighted by atomic mass is 10.2. The van der Waals surface area contributed by atoms with Crippen LogP contribution in [0.15, 0.2) is 48.5 Å². The lowest BCUT2D eigenvalue weighted by Gasteiger charge is -2.12. The van der Waals surface area contributed by atoms with Crippen molar-refractivity contribution in [3.8, 4) is 11.5 Å². The molecule has 2 aromatic rings. The molecule has 0 heterocycles. The topological polar surface area (TPSA) is 67.8 Å². The zero-order valence-electron chi connectivity index (χ0n) is 11.6. The van der Waals surface area contributed by atoms with Gasteiger partial charge in [-0.1, -0.05) is 30.3 Å². The molecule has 2 rings (SSSR count). The van der Waals surface area contributed by atoms with Crippen LogP contribution in [-0.2, 0) is 11.3 Å². The number of rotatable bonds is 4. The summed E-state index contributed by atoms with van der Waals surface area (Å²) in [7, 11) is 0. The molecule has 0 fully saturated rings. The van der Waals surface area contributed by atoms with Crippen molar-refractivity contribution in [2.45, 2.75) is 13.0 Å². The van der Waals surface area contributed by atoms with Crippen molar-refractivity contribution in [2.75, 3.05) is 5.32 Å². The normalized spacial score (nSPS) is 10.9. The minimum atomic E-state index is -4.87. The Hall–Kier alpha value is -2.90. The maximum absolute atomic E-state index is 12.1. The van der Waals surface area contributed by atoms with Crippen LogP contribution in [0.3, 0.4) is 0 Å². The Kier molecular flexibility index (Phi) is 4.95. The third kappa shape index (κ3) is 5.42. The van der Waals surface area contributed by atoms with Crippen molar-refractivity contribution in [1.29, 1.82) is 0 Å². The highest BCUT2D eigenvalue weighted by atomic mass is 19.4. The van der Waals surface area contributed by atoms with Gasteiger partial charge >= 0.3 is 12.5 Å². The standard InChI is InChI=1S/C15H12F3NO4/c16-15(17,18)23-11-6-7-12(13(20)8-11)19-14(21)22-9-10-4-2-1-3-5-10/h1-8,20H,9H2,(H,19,21). The van der Waals surface area contributed by atoms with Crippen LogP contribution in [0.1, 0.15) is 5.56 Å². The number of nitrogens with one attached hydrogen (secondary N) is 1. The van der Waals surface area contributed by atoms with Crippen LogP contribution in [0.25, 0.3) is 0 Å². The quantitative estimate of drug-likeness (QED) is 0.832. The fraction of sp³-hybridized carbons (Fsp3) is 0.133. The van der Waals surface area contributed by atoms with E-state index in [9.17, 15) is 23.1 Å². The van der Waals surface area contributed by atoms with Gasteiger partial charge in [0.1, 0.15) is 18.1 Å². The second-order valence-electron chi connectivity index (χ2n) is 4.41. The molecule has 0 aliphatic rings. The first-order valence-corrected chi connectivity index (χ1v) is 6.40. The maximum atomic E-state index is 12.1. The van der Waals surface area contributed by atoms with E-state index >= 15 is 0 Å². The fourth-order valence-electron chi connectivity index (χ4n) is 1.68. The van der Waals surface area contributed by atoms with Gasteiger partial charge < -0.3 is 14.6 Å². The summed E-state index contributed by atoms with van der Waals surface area (Å²) in [6.07, 6.45) is -5.72. The number of phenols is 1. The SMILES string of the molecule is O=C(Nc1ccc(OC(F)(F)F)cc1O)OCc1ccccc1. The summed E-state index contributed by atoms with van der Waals surface area (Å²) in [5.74, 6) is -1.18. The number of amides is 1. The Bertz CT molecular complexity index is 674. The fourth-order valence-corrected chi connectivity index (χ4v) is 1.68. The van der Waals surface area contributed by atoms with Crippen LogP contribution in [-0.4, -0.2) is 17.6 Å². The van der Waals surface area contributed by atoms with E-state index in [1.54, 1.807) is 24.3 Å². The van der Waals surface area contributed by atoms with Gasteiger partial charge in [0, 0.05) is 6.07 Å². The molecule has 8 heteroatoms. The first-order chi connectivity index (χ1) is 10.8. The number of hydrogen-bond acceptors (Lipinski definition) is 4. The number of phenolic OH excluding ortho intramolecular Hbond substituents is 1. The molecule has 0 bridgehead atoms. The lowest BCUT2D eigenvalue weighted by Crippen LogP contribution is -2.17. The molecule has 1 amide bonds. The predicted octanol–water partition coefficient (Wildman–Crippen LogP) is 4.04. The summed E-state index contributed by atoms with van der Waals surface area (Å²) >= 11 is 0. The Balaban J connectivity index is 1.93. The number of ether oxygens (including phenoxy) is 2. The predicted molar refractivity (Wildman–Crippen MR) is 75.0 cm³/mol. The number of halogens is 3. The number of alkyl halides is 3. The van der Waals surface area contributed by atoms with Crippen LogP contribution in [0.2, 0.25) is 0 Å². The van der Waals surface area contributed by atoms with Gasteiger partial charge in [0.25, 0.3) is 0 Å². The zero-order valence-corrected chi connectivity index (χ0v) is 11.6. The zero-order chi connectivity index (χ0) is 16.9. The Labute approximate surface area is 129 Å². The summed E-state index contributed by atoms with van der Waals surface area (Å²) in [5, 5.41) is 11.8. The Morgan fingerprint density at radius 2 is 1.83 bits per heavy atom. The highest BCUT2D eigenvalue weighted by molar-refractivity contribution is 5.86. The summed E-state index contributed by atoms with van der Waals surface area (Å²) in [5.41, 5.74) is 0.665. The van der Waals surface area contributed by atoms with Gasteiger partial charge in [-0.2, -0.15) is 0 Å². The molecule has 0 radical (unpaired) electrons. The molecule has 0 aliphatic carbocycles. The molecule has 0 saturated carbocycles. The first kappa shape index (κ1) is 16.5. The van der Waals surface area contributed by atoms with Gasteiger partial charge in [0.2, 0.25) is 0 Å². The van der Waals surface area contributed by atoms with E-state index in [0.717, 1.165) is 23.8 Å². The number of anilines is 1. The van der Waals surface area contributed by atoms with Crippen LogP contribution in [0, 0.1) is 0 Å². The van der Waals surface area contributed by atoms with Crippen LogP contribution < -0.4 is 10.1 Å². The monoisotopic (exact) mass is 327 g/mol. The van der Waals surface area contributed by atoms with E-state index in [-0.39, 0.29) is 12.3 Å². The number of aromatic hydroxyl groups is 1. The minimum Gasteiger partial charge on any atom is -0.506 e. The molecule has 0 unspecified atom stereocenters. The minimum absolute atomic E-state index is 0.0166.